The number of furan rings is 1. The first-order valence-corrected chi connectivity index (χ1v) is 18.1. The predicted octanol–water partition coefficient (Wildman–Crippen LogP) is 12.7. The zero-order valence-electron chi connectivity index (χ0n) is 29.0. The van der Waals surface area contributed by atoms with Crippen LogP contribution in [0.4, 0.5) is 0 Å². The fraction of sp³-hybridized carbons (Fsp3) is 0. The molecular weight excluding hydrogens is 661 g/mol. The van der Waals surface area contributed by atoms with Crippen molar-refractivity contribution in [1.29, 1.82) is 0 Å². The smallest absolute Gasteiger partial charge is 0.238 e. The second-order valence-electron chi connectivity index (χ2n) is 13.6. The van der Waals surface area contributed by atoms with Gasteiger partial charge in [0, 0.05) is 38.1 Å². The lowest BCUT2D eigenvalue weighted by Crippen LogP contribution is -2.06. The molecular formula is C49H30N4O. The highest BCUT2D eigenvalue weighted by Crippen LogP contribution is 2.45. The molecule has 0 bridgehead atoms. The third-order valence-electron chi connectivity index (χ3n) is 10.4. The summed E-state index contributed by atoms with van der Waals surface area (Å²) < 4.78 is 8.96. The predicted molar refractivity (Wildman–Crippen MR) is 221 cm³/mol. The first-order valence-electron chi connectivity index (χ1n) is 18.1. The van der Waals surface area contributed by atoms with Gasteiger partial charge in [0.15, 0.2) is 11.6 Å². The van der Waals surface area contributed by atoms with E-state index in [4.69, 9.17) is 19.4 Å². The van der Waals surface area contributed by atoms with Crippen molar-refractivity contribution in [3.63, 3.8) is 0 Å². The van der Waals surface area contributed by atoms with Gasteiger partial charge in [0.25, 0.3) is 0 Å². The summed E-state index contributed by atoms with van der Waals surface area (Å²) in [5, 5.41) is 6.62. The highest BCUT2D eigenvalue weighted by atomic mass is 16.3. The lowest BCUT2D eigenvalue weighted by molar-refractivity contribution is 0.673. The van der Waals surface area contributed by atoms with E-state index in [0.29, 0.717) is 17.6 Å². The molecule has 0 aliphatic heterocycles. The molecule has 3 aromatic heterocycles. The Kier molecular flexibility index (Phi) is 6.79. The molecule has 0 fully saturated rings. The SMILES string of the molecule is c1ccc(-c2cccc(-c3nc(-c4ccccc4)nc(-n4c5ccccc5c5c6c(ccc54)oc4c5ccccc5c(-c5ccccc5)cc46)n3)c2)cc1. The van der Waals surface area contributed by atoms with Crippen molar-refractivity contribution < 1.29 is 4.42 Å². The van der Waals surface area contributed by atoms with E-state index in [1.165, 1.54) is 11.1 Å². The van der Waals surface area contributed by atoms with E-state index < -0.39 is 0 Å². The van der Waals surface area contributed by atoms with Crippen molar-refractivity contribution in [3.8, 4) is 51.0 Å². The van der Waals surface area contributed by atoms with Crippen LogP contribution in [0.25, 0.3) is 105 Å². The monoisotopic (exact) mass is 690 g/mol. The summed E-state index contributed by atoms with van der Waals surface area (Å²) in [5.41, 5.74) is 10.2. The molecule has 8 aromatic carbocycles. The maximum Gasteiger partial charge on any atom is 0.238 e. The summed E-state index contributed by atoms with van der Waals surface area (Å²) in [6.45, 7) is 0. The van der Waals surface area contributed by atoms with E-state index in [1.807, 2.05) is 36.4 Å². The molecule has 0 aliphatic rings. The summed E-state index contributed by atoms with van der Waals surface area (Å²) in [7, 11) is 0. The third kappa shape index (κ3) is 4.76. The lowest BCUT2D eigenvalue weighted by atomic mass is 9.94. The summed E-state index contributed by atoms with van der Waals surface area (Å²) in [4.78, 5) is 15.5. The minimum atomic E-state index is 0.553. The Morgan fingerprint density at radius 1 is 0.370 bits per heavy atom. The van der Waals surface area contributed by atoms with E-state index in [9.17, 15) is 0 Å². The highest BCUT2D eigenvalue weighted by molar-refractivity contribution is 6.30. The fourth-order valence-corrected chi connectivity index (χ4v) is 8.00. The van der Waals surface area contributed by atoms with E-state index in [2.05, 4.69) is 150 Å². The highest BCUT2D eigenvalue weighted by Gasteiger charge is 2.23. The molecule has 54 heavy (non-hydrogen) atoms. The fourth-order valence-electron chi connectivity index (χ4n) is 8.00. The van der Waals surface area contributed by atoms with Gasteiger partial charge in [0.1, 0.15) is 11.2 Å². The molecule has 0 aliphatic carbocycles. The second-order valence-corrected chi connectivity index (χ2v) is 13.6. The molecule has 0 amide bonds. The van der Waals surface area contributed by atoms with Gasteiger partial charge in [-0.2, -0.15) is 9.97 Å². The Morgan fingerprint density at radius 2 is 0.963 bits per heavy atom. The zero-order valence-corrected chi connectivity index (χ0v) is 29.0. The summed E-state index contributed by atoms with van der Waals surface area (Å²) in [6, 6.07) is 63.1. The number of hydrogen-bond donors (Lipinski definition) is 0. The Bertz CT molecular complexity index is 3200. The molecule has 11 rings (SSSR count). The molecule has 5 nitrogen and oxygen atoms in total. The van der Waals surface area contributed by atoms with Crippen molar-refractivity contribution in [2.24, 2.45) is 0 Å². The maximum absolute atomic E-state index is 6.78. The van der Waals surface area contributed by atoms with E-state index in [0.717, 1.165) is 76.8 Å². The van der Waals surface area contributed by atoms with Crippen LogP contribution in [-0.4, -0.2) is 19.5 Å². The van der Waals surface area contributed by atoms with Gasteiger partial charge in [-0.05, 0) is 58.0 Å². The van der Waals surface area contributed by atoms with Gasteiger partial charge in [-0.3, -0.25) is 4.57 Å². The van der Waals surface area contributed by atoms with E-state index in [1.54, 1.807) is 0 Å². The summed E-state index contributed by atoms with van der Waals surface area (Å²) >= 11 is 0. The number of hydrogen-bond acceptors (Lipinski definition) is 4. The van der Waals surface area contributed by atoms with Crippen LogP contribution < -0.4 is 0 Å². The van der Waals surface area contributed by atoms with Crippen LogP contribution in [-0.2, 0) is 0 Å². The lowest BCUT2D eigenvalue weighted by Gasteiger charge is -2.11. The van der Waals surface area contributed by atoms with Crippen molar-refractivity contribution in [2.45, 2.75) is 0 Å². The normalized spacial score (nSPS) is 11.7. The number of benzene rings is 8. The number of nitrogens with zero attached hydrogens (tertiary/aromatic N) is 4. The molecule has 0 radical (unpaired) electrons. The van der Waals surface area contributed by atoms with Crippen LogP contribution in [0.3, 0.4) is 0 Å². The second kappa shape index (κ2) is 12.1. The van der Waals surface area contributed by atoms with Crippen LogP contribution in [0.2, 0.25) is 0 Å². The van der Waals surface area contributed by atoms with Crippen LogP contribution in [0.1, 0.15) is 0 Å². The Labute approximate surface area is 310 Å². The first-order chi connectivity index (χ1) is 26.8. The third-order valence-corrected chi connectivity index (χ3v) is 10.4. The molecule has 3 heterocycles. The van der Waals surface area contributed by atoms with Gasteiger partial charge >= 0.3 is 0 Å². The van der Waals surface area contributed by atoms with Gasteiger partial charge in [-0.25, -0.2) is 4.98 Å². The average Bonchev–Trinajstić information content (AvgIpc) is 3.80. The molecule has 0 saturated heterocycles. The topological polar surface area (TPSA) is 56.7 Å². The Hall–Kier alpha value is -7.37. The molecule has 0 saturated carbocycles. The quantitative estimate of drug-likeness (QED) is 0.180. The molecule has 0 atom stereocenters. The molecule has 11 aromatic rings. The van der Waals surface area contributed by atoms with Gasteiger partial charge < -0.3 is 4.42 Å². The Balaban J connectivity index is 1.21. The molecule has 5 heteroatoms. The average molecular weight is 691 g/mol. The van der Waals surface area contributed by atoms with Crippen molar-refractivity contribution in [3.05, 3.63) is 182 Å². The number of para-hydroxylation sites is 1. The number of fused-ring (bicyclic) bond motifs is 9. The van der Waals surface area contributed by atoms with Crippen molar-refractivity contribution in [1.82, 2.24) is 19.5 Å². The van der Waals surface area contributed by atoms with Gasteiger partial charge in [0.2, 0.25) is 5.95 Å². The molecule has 0 unspecified atom stereocenters. The minimum absolute atomic E-state index is 0.553. The largest absolute Gasteiger partial charge is 0.455 e. The van der Waals surface area contributed by atoms with Gasteiger partial charge in [-0.1, -0.05) is 152 Å². The van der Waals surface area contributed by atoms with Gasteiger partial charge in [0.05, 0.1) is 11.0 Å². The standard InChI is InChI=1S/C49H30N4O/c1-4-15-31(16-5-1)34-21-14-22-35(29-34)48-50-47(33-19-8-3-9-20-33)51-49(52-48)53-41-26-13-12-25-38(41)44-42(53)27-28-43-45(44)40-30-39(32-17-6-2-7-18-32)36-23-10-11-24-37(36)46(40)54-43/h1-30H. The summed E-state index contributed by atoms with van der Waals surface area (Å²) in [5.74, 6) is 1.77. The summed E-state index contributed by atoms with van der Waals surface area (Å²) in [6.07, 6.45) is 0. The van der Waals surface area contributed by atoms with Crippen LogP contribution in [0.5, 0.6) is 0 Å². The Morgan fingerprint density at radius 3 is 1.72 bits per heavy atom. The number of rotatable bonds is 5. The van der Waals surface area contributed by atoms with Crippen LogP contribution in [0.15, 0.2) is 186 Å². The van der Waals surface area contributed by atoms with Crippen LogP contribution in [0, 0.1) is 0 Å². The molecule has 0 N–H and O–H groups in total. The van der Waals surface area contributed by atoms with Gasteiger partial charge in [-0.15, -0.1) is 0 Å². The molecule has 0 spiro atoms. The van der Waals surface area contributed by atoms with Crippen molar-refractivity contribution in [2.75, 3.05) is 0 Å². The van der Waals surface area contributed by atoms with Crippen LogP contribution >= 0.6 is 0 Å². The first kappa shape index (κ1) is 30.3. The van der Waals surface area contributed by atoms with E-state index in [-0.39, 0.29) is 0 Å². The minimum Gasteiger partial charge on any atom is -0.455 e. The van der Waals surface area contributed by atoms with Crippen molar-refractivity contribution >= 4 is 54.5 Å². The number of aromatic nitrogens is 4. The molecule has 252 valence electrons. The van der Waals surface area contributed by atoms with E-state index >= 15 is 0 Å². The zero-order chi connectivity index (χ0) is 35.6. The maximum atomic E-state index is 6.78.